The van der Waals surface area contributed by atoms with Crippen LogP contribution in [0.3, 0.4) is 0 Å². The van der Waals surface area contributed by atoms with E-state index in [-0.39, 0.29) is 25.8 Å². The van der Waals surface area contributed by atoms with Crippen molar-refractivity contribution >= 4 is 17.6 Å². The number of carboxylic acids is 1. The molecule has 124 valence electrons. The van der Waals surface area contributed by atoms with Gasteiger partial charge in [0.05, 0.1) is 0 Å². The number of carboxylic acid groups (broad SMARTS) is 1. The minimum atomic E-state index is -1.91. The van der Waals surface area contributed by atoms with Gasteiger partial charge in [-0.1, -0.05) is 5.11 Å². The lowest BCUT2D eigenvalue weighted by atomic mass is 10.1. The van der Waals surface area contributed by atoms with E-state index in [2.05, 4.69) is 15.3 Å². The van der Waals surface area contributed by atoms with Gasteiger partial charge in [-0.05, 0) is 18.4 Å². The molecule has 0 saturated carbocycles. The molecule has 1 aromatic rings. The van der Waals surface area contributed by atoms with Crippen LogP contribution in [0, 0.1) is 17.5 Å². The Morgan fingerprint density at radius 3 is 2.39 bits per heavy atom. The number of rotatable bonds is 7. The molecule has 0 unspecified atom stereocenters. The van der Waals surface area contributed by atoms with E-state index in [0.29, 0.717) is 0 Å². The summed E-state index contributed by atoms with van der Waals surface area (Å²) in [5, 5.41) is 22.5. The Morgan fingerprint density at radius 1 is 1.17 bits per heavy atom. The Morgan fingerprint density at radius 2 is 1.83 bits per heavy atom. The highest BCUT2D eigenvalue weighted by molar-refractivity contribution is 5.97. The Hall–Kier alpha value is -2.94. The van der Waals surface area contributed by atoms with Crippen LogP contribution in [0.2, 0.25) is 0 Å². The van der Waals surface area contributed by atoms with Crippen molar-refractivity contribution in [1.29, 1.82) is 0 Å². The van der Waals surface area contributed by atoms with E-state index in [4.69, 9.17) is 10.6 Å². The average molecular weight is 332 g/mol. The van der Waals surface area contributed by atoms with Crippen LogP contribution in [-0.4, -0.2) is 28.6 Å². The van der Waals surface area contributed by atoms with Crippen LogP contribution in [0.15, 0.2) is 5.11 Å². The quantitative estimate of drug-likeness (QED) is 0.232. The maximum atomic E-state index is 13.7. The highest BCUT2D eigenvalue weighted by Crippen LogP contribution is 2.35. The van der Waals surface area contributed by atoms with Crippen LogP contribution in [0.25, 0.3) is 10.4 Å². The smallest absolute Gasteiger partial charge is 0.303 e. The van der Waals surface area contributed by atoms with Gasteiger partial charge in [-0.25, -0.2) is 13.2 Å². The third-order valence-electron chi connectivity index (χ3n) is 2.75. The number of hydrogen-bond acceptors (Lipinski definition) is 4. The van der Waals surface area contributed by atoms with Crippen molar-refractivity contribution in [1.82, 2.24) is 5.32 Å². The van der Waals surface area contributed by atoms with Gasteiger partial charge < -0.3 is 15.5 Å². The molecule has 0 spiro atoms. The monoisotopic (exact) mass is 332 g/mol. The van der Waals surface area contributed by atoms with Gasteiger partial charge >= 0.3 is 5.97 Å². The summed E-state index contributed by atoms with van der Waals surface area (Å²) in [5.41, 5.74) is 5.48. The number of aliphatic carboxylic acids is 1. The molecular weight excluding hydrogens is 321 g/mol. The number of aromatic hydroxyl groups is 1. The zero-order valence-electron chi connectivity index (χ0n) is 11.5. The van der Waals surface area contributed by atoms with Crippen LogP contribution in [0.1, 0.15) is 29.6 Å². The first-order chi connectivity index (χ1) is 10.8. The van der Waals surface area contributed by atoms with Crippen molar-refractivity contribution in [3.63, 3.8) is 0 Å². The Labute approximate surface area is 127 Å². The van der Waals surface area contributed by atoms with Crippen molar-refractivity contribution < 1.29 is 33.0 Å². The second-order valence-electron chi connectivity index (χ2n) is 4.31. The van der Waals surface area contributed by atoms with Crippen LogP contribution in [0.4, 0.5) is 18.9 Å². The zero-order valence-corrected chi connectivity index (χ0v) is 11.5. The number of azide groups is 1. The molecule has 0 bridgehead atoms. The highest BCUT2D eigenvalue weighted by Gasteiger charge is 2.28. The van der Waals surface area contributed by atoms with Gasteiger partial charge in [0.25, 0.3) is 5.91 Å². The summed E-state index contributed by atoms with van der Waals surface area (Å²) < 4.78 is 40.9. The van der Waals surface area contributed by atoms with Gasteiger partial charge in [0, 0.05) is 17.9 Å². The number of carbonyl (C=O) groups is 2. The number of unbranched alkanes of at least 4 members (excludes halogenated alkanes) is 1. The number of halogens is 3. The van der Waals surface area contributed by atoms with Gasteiger partial charge in [0.2, 0.25) is 0 Å². The second-order valence-corrected chi connectivity index (χ2v) is 4.31. The van der Waals surface area contributed by atoms with E-state index >= 15 is 0 Å². The minimum absolute atomic E-state index is 0.0909. The zero-order chi connectivity index (χ0) is 17.6. The number of nitrogens with zero attached hydrogens (tertiary/aromatic N) is 3. The second kappa shape index (κ2) is 7.90. The predicted molar refractivity (Wildman–Crippen MR) is 70.6 cm³/mol. The average Bonchev–Trinajstić information content (AvgIpc) is 2.49. The first kappa shape index (κ1) is 18.1. The fourth-order valence-electron chi connectivity index (χ4n) is 1.67. The molecule has 0 aliphatic rings. The van der Waals surface area contributed by atoms with Crippen LogP contribution in [0.5, 0.6) is 5.75 Å². The molecular formula is C12H11F3N4O4. The summed E-state index contributed by atoms with van der Waals surface area (Å²) in [5.74, 6) is -9.35. The number of phenols is 1. The van der Waals surface area contributed by atoms with Crippen molar-refractivity contribution in [3.8, 4) is 5.75 Å². The van der Waals surface area contributed by atoms with Crippen molar-refractivity contribution in [2.75, 3.05) is 6.54 Å². The van der Waals surface area contributed by atoms with Crippen LogP contribution in [-0.2, 0) is 4.79 Å². The predicted octanol–water partition coefficient (Wildman–Crippen LogP) is 2.74. The number of benzene rings is 1. The molecule has 1 amide bonds. The van der Waals surface area contributed by atoms with Crippen LogP contribution < -0.4 is 5.32 Å². The lowest BCUT2D eigenvalue weighted by molar-refractivity contribution is -0.137. The minimum Gasteiger partial charge on any atom is -0.504 e. The number of carbonyl (C=O) groups excluding carboxylic acids is 1. The van der Waals surface area contributed by atoms with Gasteiger partial charge in [-0.3, -0.25) is 9.59 Å². The van der Waals surface area contributed by atoms with E-state index in [1.54, 1.807) is 0 Å². The molecule has 0 radical (unpaired) electrons. The molecule has 0 heterocycles. The topological polar surface area (TPSA) is 135 Å². The van der Waals surface area contributed by atoms with E-state index < -0.39 is 46.3 Å². The highest BCUT2D eigenvalue weighted by atomic mass is 19.2. The Kier molecular flexibility index (Phi) is 6.22. The molecule has 11 heteroatoms. The SMILES string of the molecule is [N-]=[N+]=Nc1c(F)c(O)c(C(=O)NCCCCC(=O)O)c(F)c1F. The number of nitrogens with one attached hydrogen (secondary N) is 1. The molecule has 3 N–H and O–H groups in total. The normalized spacial score (nSPS) is 10.0. The first-order valence-electron chi connectivity index (χ1n) is 6.25. The molecule has 0 atom stereocenters. The van der Waals surface area contributed by atoms with Gasteiger partial charge in [0.1, 0.15) is 11.3 Å². The van der Waals surface area contributed by atoms with E-state index in [0.717, 1.165) is 0 Å². The number of amides is 1. The number of phenolic OH excluding ortho intramolecular Hbond substituents is 1. The fraction of sp³-hybridized carbons (Fsp3) is 0.333. The molecule has 0 aliphatic heterocycles. The number of hydrogen-bond donors (Lipinski definition) is 3. The summed E-state index contributed by atoms with van der Waals surface area (Å²) in [6.45, 7) is -0.0909. The standard InChI is InChI=1S/C12H11F3N4O4/c13-7-6(12(23)17-4-2-1-3-5(20)21)11(22)9(15)10(8(7)14)18-19-16/h22H,1-4H2,(H,17,23)(H,20,21). The Bertz CT molecular complexity index is 660. The third kappa shape index (κ3) is 4.27. The largest absolute Gasteiger partial charge is 0.504 e. The molecule has 1 rings (SSSR count). The van der Waals surface area contributed by atoms with E-state index in [9.17, 15) is 27.9 Å². The van der Waals surface area contributed by atoms with Crippen molar-refractivity contribution in [3.05, 3.63) is 33.5 Å². The summed E-state index contributed by atoms with van der Waals surface area (Å²) >= 11 is 0. The maximum absolute atomic E-state index is 13.7. The maximum Gasteiger partial charge on any atom is 0.303 e. The molecule has 0 fully saturated rings. The van der Waals surface area contributed by atoms with Crippen molar-refractivity contribution in [2.45, 2.75) is 19.3 Å². The first-order valence-corrected chi connectivity index (χ1v) is 6.25. The van der Waals surface area contributed by atoms with Crippen molar-refractivity contribution in [2.24, 2.45) is 5.11 Å². The lowest BCUT2D eigenvalue weighted by Gasteiger charge is -2.10. The third-order valence-corrected chi connectivity index (χ3v) is 2.75. The van der Waals surface area contributed by atoms with E-state index in [1.807, 2.05) is 0 Å². The lowest BCUT2D eigenvalue weighted by Crippen LogP contribution is -2.26. The molecule has 8 nitrogen and oxygen atoms in total. The summed E-state index contributed by atoms with van der Waals surface area (Å²) in [6.07, 6.45) is 0.310. The summed E-state index contributed by atoms with van der Waals surface area (Å²) in [4.78, 5) is 24.1. The van der Waals surface area contributed by atoms with Gasteiger partial charge in [0.15, 0.2) is 23.2 Å². The molecule has 0 aliphatic carbocycles. The molecule has 23 heavy (non-hydrogen) atoms. The summed E-state index contributed by atoms with van der Waals surface area (Å²) in [6, 6.07) is 0. The van der Waals surface area contributed by atoms with E-state index in [1.165, 1.54) is 0 Å². The fourth-order valence-corrected chi connectivity index (χ4v) is 1.67. The molecule has 1 aromatic carbocycles. The van der Waals surface area contributed by atoms with Crippen LogP contribution >= 0.6 is 0 Å². The summed E-state index contributed by atoms with van der Waals surface area (Å²) in [7, 11) is 0. The molecule has 0 saturated heterocycles. The molecule has 0 aromatic heterocycles. The van der Waals surface area contributed by atoms with Gasteiger partial charge in [-0.15, -0.1) is 0 Å². The Balaban J connectivity index is 2.93. The van der Waals surface area contributed by atoms with Gasteiger partial charge in [-0.2, -0.15) is 0 Å².